The summed E-state index contributed by atoms with van der Waals surface area (Å²) in [6, 6.07) is 9.42. The molecule has 1 aromatic heterocycles. The third kappa shape index (κ3) is 2.70. The van der Waals surface area contributed by atoms with Gasteiger partial charge in [-0.25, -0.2) is 4.79 Å². The lowest BCUT2D eigenvalue weighted by atomic mass is 10.0. The van der Waals surface area contributed by atoms with E-state index in [4.69, 9.17) is 14.2 Å². The number of carbonyl (C=O) groups excluding carboxylic acids is 2. The molecular weight excluding hydrogens is 362 g/mol. The van der Waals surface area contributed by atoms with Crippen molar-refractivity contribution in [2.45, 2.75) is 6.04 Å². The smallest absolute Gasteiger partial charge is 0.329 e. The first-order valence-corrected chi connectivity index (χ1v) is 8.58. The number of anilines is 1. The van der Waals surface area contributed by atoms with E-state index in [9.17, 15) is 9.59 Å². The number of benzene rings is 2. The van der Waals surface area contributed by atoms with E-state index in [1.165, 1.54) is 26.2 Å². The molecule has 1 fully saturated rings. The van der Waals surface area contributed by atoms with Gasteiger partial charge in [0.25, 0.3) is 5.91 Å². The largest absolute Gasteiger partial charge is 0.493 e. The summed E-state index contributed by atoms with van der Waals surface area (Å²) in [7, 11) is 4.50. The molecule has 1 saturated heterocycles. The van der Waals surface area contributed by atoms with Crippen molar-refractivity contribution < 1.29 is 23.8 Å². The normalized spacial score (nSPS) is 16.4. The average Bonchev–Trinajstić information content (AvgIpc) is 3.29. The maximum Gasteiger partial charge on any atom is 0.329 e. The number of methoxy groups -OCH3 is 3. The lowest BCUT2D eigenvalue weighted by molar-refractivity contribution is -0.119. The Labute approximate surface area is 161 Å². The van der Waals surface area contributed by atoms with Crippen LogP contribution in [0.5, 0.6) is 17.2 Å². The predicted molar refractivity (Wildman–Crippen MR) is 103 cm³/mol. The van der Waals surface area contributed by atoms with Crippen LogP contribution in [0.4, 0.5) is 10.5 Å². The second-order valence-corrected chi connectivity index (χ2v) is 6.27. The maximum atomic E-state index is 12.6. The van der Waals surface area contributed by atoms with E-state index in [0.29, 0.717) is 28.5 Å². The van der Waals surface area contributed by atoms with Crippen LogP contribution in [0.25, 0.3) is 10.9 Å². The summed E-state index contributed by atoms with van der Waals surface area (Å²) in [5.41, 5.74) is 2.10. The molecule has 0 aliphatic carbocycles. The Balaban J connectivity index is 1.84. The van der Waals surface area contributed by atoms with Crippen molar-refractivity contribution in [2.75, 3.05) is 26.2 Å². The minimum Gasteiger partial charge on any atom is -0.493 e. The number of fused-ring (bicyclic) bond motifs is 1. The van der Waals surface area contributed by atoms with Crippen molar-refractivity contribution in [3.63, 3.8) is 0 Å². The van der Waals surface area contributed by atoms with Crippen LogP contribution in [-0.4, -0.2) is 38.3 Å². The number of hydrogen-bond donors (Lipinski definition) is 2. The van der Waals surface area contributed by atoms with Gasteiger partial charge in [0.1, 0.15) is 6.04 Å². The lowest BCUT2D eigenvalue weighted by Crippen LogP contribution is -2.29. The van der Waals surface area contributed by atoms with Gasteiger partial charge in [0, 0.05) is 22.8 Å². The maximum absolute atomic E-state index is 12.6. The van der Waals surface area contributed by atoms with Gasteiger partial charge in [-0.05, 0) is 42.0 Å². The van der Waals surface area contributed by atoms with Crippen molar-refractivity contribution >= 4 is 28.5 Å². The van der Waals surface area contributed by atoms with Crippen LogP contribution in [0.3, 0.4) is 0 Å². The van der Waals surface area contributed by atoms with E-state index in [0.717, 1.165) is 10.9 Å². The number of ether oxygens (including phenoxy) is 3. The minimum atomic E-state index is -0.863. The van der Waals surface area contributed by atoms with E-state index < -0.39 is 18.0 Å². The monoisotopic (exact) mass is 381 g/mol. The number of H-pyrrole nitrogens is 1. The summed E-state index contributed by atoms with van der Waals surface area (Å²) in [6.07, 6.45) is 1.82. The number of hydrogen-bond acceptors (Lipinski definition) is 5. The fourth-order valence-electron chi connectivity index (χ4n) is 3.49. The molecule has 4 rings (SSSR count). The summed E-state index contributed by atoms with van der Waals surface area (Å²) >= 11 is 0. The first-order valence-electron chi connectivity index (χ1n) is 8.58. The summed E-state index contributed by atoms with van der Waals surface area (Å²) in [5, 5.41) is 3.32. The van der Waals surface area contributed by atoms with Gasteiger partial charge >= 0.3 is 6.03 Å². The Bertz CT molecular complexity index is 1050. The molecule has 2 heterocycles. The number of carbonyl (C=O) groups is 2. The van der Waals surface area contributed by atoms with Gasteiger partial charge in [-0.1, -0.05) is 0 Å². The van der Waals surface area contributed by atoms with Gasteiger partial charge in [0.2, 0.25) is 5.75 Å². The summed E-state index contributed by atoms with van der Waals surface area (Å²) in [4.78, 5) is 29.8. The lowest BCUT2D eigenvalue weighted by Gasteiger charge is -2.23. The molecular formula is C20H19N3O5. The number of nitrogens with zero attached hydrogens (tertiary/aromatic N) is 1. The molecule has 3 aromatic rings. The van der Waals surface area contributed by atoms with Crippen molar-refractivity contribution in [3.05, 3.63) is 48.2 Å². The third-order valence-corrected chi connectivity index (χ3v) is 4.77. The highest BCUT2D eigenvalue weighted by atomic mass is 16.5. The molecule has 0 spiro atoms. The predicted octanol–water partition coefficient (Wildman–Crippen LogP) is 2.99. The summed E-state index contributed by atoms with van der Waals surface area (Å²) in [5.74, 6) is 0.808. The third-order valence-electron chi connectivity index (χ3n) is 4.77. The Morgan fingerprint density at radius 3 is 2.29 bits per heavy atom. The Kier molecular flexibility index (Phi) is 4.31. The van der Waals surface area contributed by atoms with Crippen molar-refractivity contribution in [1.82, 2.24) is 10.3 Å². The van der Waals surface area contributed by atoms with Gasteiger partial charge in [-0.3, -0.25) is 15.0 Å². The molecule has 1 aliphatic heterocycles. The molecule has 2 aromatic carbocycles. The van der Waals surface area contributed by atoms with Gasteiger partial charge in [-0.2, -0.15) is 0 Å². The van der Waals surface area contributed by atoms with Crippen LogP contribution in [0.2, 0.25) is 0 Å². The highest BCUT2D eigenvalue weighted by Crippen LogP contribution is 2.42. The number of imide groups is 1. The van der Waals surface area contributed by atoms with Crippen molar-refractivity contribution in [2.24, 2.45) is 0 Å². The number of nitrogens with one attached hydrogen (secondary N) is 2. The first kappa shape index (κ1) is 17.7. The highest BCUT2D eigenvalue weighted by molar-refractivity contribution is 6.15. The van der Waals surface area contributed by atoms with Crippen LogP contribution in [0.1, 0.15) is 11.6 Å². The second-order valence-electron chi connectivity index (χ2n) is 6.27. The first-order chi connectivity index (χ1) is 13.6. The Hall–Kier alpha value is -3.68. The van der Waals surface area contributed by atoms with Crippen LogP contribution in [0.15, 0.2) is 42.6 Å². The topological polar surface area (TPSA) is 92.9 Å². The zero-order valence-corrected chi connectivity index (χ0v) is 15.6. The zero-order chi connectivity index (χ0) is 19.8. The van der Waals surface area contributed by atoms with E-state index in [-0.39, 0.29) is 0 Å². The average molecular weight is 381 g/mol. The highest BCUT2D eigenvalue weighted by Gasteiger charge is 2.41. The molecule has 1 unspecified atom stereocenters. The molecule has 8 nitrogen and oxygen atoms in total. The molecule has 0 bridgehead atoms. The fraction of sp³-hybridized carbons (Fsp3) is 0.200. The van der Waals surface area contributed by atoms with Gasteiger partial charge in [0.05, 0.1) is 21.3 Å². The Morgan fingerprint density at radius 1 is 0.929 bits per heavy atom. The van der Waals surface area contributed by atoms with Gasteiger partial charge in [-0.15, -0.1) is 0 Å². The van der Waals surface area contributed by atoms with E-state index in [1.54, 1.807) is 18.2 Å². The number of amides is 3. The standard InChI is InChI=1S/C20H19N3O5/c1-26-15-9-12(10-16(27-2)18(15)28-3)17-19(24)22-20(25)23(17)13-4-5-14-11(8-13)6-7-21-14/h4-10,17,21H,1-3H3,(H,22,24,25). The van der Waals surface area contributed by atoms with Gasteiger partial charge < -0.3 is 19.2 Å². The zero-order valence-electron chi connectivity index (χ0n) is 15.6. The van der Waals surface area contributed by atoms with Crippen LogP contribution in [0, 0.1) is 0 Å². The molecule has 1 aliphatic rings. The van der Waals surface area contributed by atoms with Gasteiger partial charge in [0.15, 0.2) is 11.5 Å². The van der Waals surface area contributed by atoms with Crippen LogP contribution in [-0.2, 0) is 4.79 Å². The van der Waals surface area contributed by atoms with Crippen LogP contribution < -0.4 is 24.4 Å². The van der Waals surface area contributed by atoms with Crippen molar-refractivity contribution in [1.29, 1.82) is 0 Å². The van der Waals surface area contributed by atoms with Crippen LogP contribution >= 0.6 is 0 Å². The van der Waals surface area contributed by atoms with E-state index in [2.05, 4.69) is 10.3 Å². The Morgan fingerprint density at radius 2 is 1.64 bits per heavy atom. The van der Waals surface area contributed by atoms with Crippen molar-refractivity contribution in [3.8, 4) is 17.2 Å². The molecule has 1 atom stereocenters. The minimum absolute atomic E-state index is 0.407. The SMILES string of the molecule is COc1cc(C2C(=O)NC(=O)N2c2ccc3[nH]ccc3c2)cc(OC)c1OC. The number of rotatable bonds is 5. The quantitative estimate of drug-likeness (QED) is 0.663. The fourth-order valence-corrected chi connectivity index (χ4v) is 3.49. The molecule has 0 saturated carbocycles. The molecule has 0 radical (unpaired) electrons. The second kappa shape index (κ2) is 6.80. The number of aromatic nitrogens is 1. The summed E-state index contributed by atoms with van der Waals surface area (Å²) in [6.45, 7) is 0. The molecule has 2 N–H and O–H groups in total. The summed E-state index contributed by atoms with van der Waals surface area (Å²) < 4.78 is 16.1. The molecule has 8 heteroatoms. The van der Waals surface area contributed by atoms with E-state index >= 15 is 0 Å². The number of urea groups is 1. The van der Waals surface area contributed by atoms with E-state index in [1.807, 2.05) is 24.4 Å². The number of aromatic amines is 1. The molecule has 3 amide bonds. The molecule has 28 heavy (non-hydrogen) atoms. The molecule has 144 valence electrons.